The average molecular weight is 323 g/mol. The third kappa shape index (κ3) is 3.69. The summed E-state index contributed by atoms with van der Waals surface area (Å²) in [5, 5.41) is 12.5. The van der Waals surface area contributed by atoms with Crippen LogP contribution in [-0.4, -0.2) is 56.1 Å². The van der Waals surface area contributed by atoms with E-state index in [0.717, 1.165) is 36.3 Å². The van der Waals surface area contributed by atoms with Gasteiger partial charge in [-0.2, -0.15) is 5.26 Å². The highest BCUT2D eigenvalue weighted by molar-refractivity contribution is 9.10. The smallest absolute Gasteiger partial charge is 0.101 e. The summed E-state index contributed by atoms with van der Waals surface area (Å²) in [5.41, 5.74) is 1.59. The number of hydrogen-bond acceptors (Lipinski definition) is 4. The molecule has 1 heterocycles. The predicted octanol–water partition coefficient (Wildman–Crippen LogP) is 1.98. The van der Waals surface area contributed by atoms with Crippen LogP contribution in [0.25, 0.3) is 0 Å². The van der Waals surface area contributed by atoms with Crippen LogP contribution >= 0.6 is 15.9 Å². The van der Waals surface area contributed by atoms with Crippen molar-refractivity contribution in [2.45, 2.75) is 6.04 Å². The molecule has 1 unspecified atom stereocenters. The molecular weight excluding hydrogens is 304 g/mol. The quantitative estimate of drug-likeness (QED) is 0.924. The van der Waals surface area contributed by atoms with Crippen LogP contribution in [0.3, 0.4) is 0 Å². The van der Waals surface area contributed by atoms with E-state index in [9.17, 15) is 0 Å². The van der Waals surface area contributed by atoms with Crippen molar-refractivity contribution < 1.29 is 0 Å². The Morgan fingerprint density at radius 2 is 2.21 bits per heavy atom. The van der Waals surface area contributed by atoms with Crippen LogP contribution in [0.15, 0.2) is 22.7 Å². The van der Waals surface area contributed by atoms with Crippen LogP contribution in [0.1, 0.15) is 5.56 Å². The predicted molar refractivity (Wildman–Crippen MR) is 81.3 cm³/mol. The van der Waals surface area contributed by atoms with Gasteiger partial charge in [0.2, 0.25) is 0 Å². The molecule has 0 spiro atoms. The number of nitrogens with one attached hydrogen (secondary N) is 1. The van der Waals surface area contributed by atoms with Gasteiger partial charge in [0.15, 0.2) is 0 Å². The van der Waals surface area contributed by atoms with Gasteiger partial charge in [-0.25, -0.2) is 0 Å². The minimum absolute atomic E-state index is 0.476. The molecule has 5 heteroatoms. The molecule has 0 amide bonds. The van der Waals surface area contributed by atoms with Gasteiger partial charge in [-0.1, -0.05) is 15.9 Å². The van der Waals surface area contributed by atoms with E-state index in [1.165, 1.54) is 0 Å². The van der Waals surface area contributed by atoms with E-state index in [1.54, 1.807) is 0 Å². The Morgan fingerprint density at radius 3 is 2.95 bits per heavy atom. The van der Waals surface area contributed by atoms with Gasteiger partial charge >= 0.3 is 0 Å². The van der Waals surface area contributed by atoms with E-state index in [4.69, 9.17) is 5.26 Å². The highest BCUT2D eigenvalue weighted by Gasteiger charge is 2.21. The number of anilines is 1. The maximum Gasteiger partial charge on any atom is 0.101 e. The number of likely N-dealkylation sites (N-methyl/N-ethyl adjacent to an activating group) is 2. The Kier molecular flexibility index (Phi) is 4.81. The molecule has 0 saturated carbocycles. The summed E-state index contributed by atoms with van der Waals surface area (Å²) in [4.78, 5) is 4.72. The second-order valence-corrected chi connectivity index (χ2v) is 5.99. The molecular formula is C14H19BrN4. The van der Waals surface area contributed by atoms with E-state index >= 15 is 0 Å². The molecule has 1 N–H and O–H groups in total. The van der Waals surface area contributed by atoms with Crippen LogP contribution in [0.4, 0.5) is 5.69 Å². The van der Waals surface area contributed by atoms with E-state index in [0.29, 0.717) is 11.6 Å². The number of hydrogen-bond donors (Lipinski definition) is 1. The average Bonchev–Trinajstić information content (AvgIpc) is 2.40. The van der Waals surface area contributed by atoms with Gasteiger partial charge in [0, 0.05) is 36.7 Å². The summed E-state index contributed by atoms with van der Waals surface area (Å²) in [6.45, 7) is 4.12. The van der Waals surface area contributed by atoms with Crippen molar-refractivity contribution in [1.29, 1.82) is 5.26 Å². The van der Waals surface area contributed by atoms with Crippen molar-refractivity contribution in [2.24, 2.45) is 0 Å². The number of benzene rings is 1. The van der Waals surface area contributed by atoms with E-state index in [-0.39, 0.29) is 0 Å². The van der Waals surface area contributed by atoms with Gasteiger partial charge < -0.3 is 10.2 Å². The molecule has 1 aromatic carbocycles. The Labute approximate surface area is 123 Å². The van der Waals surface area contributed by atoms with E-state index in [1.807, 2.05) is 18.2 Å². The van der Waals surface area contributed by atoms with Crippen LogP contribution in [0.5, 0.6) is 0 Å². The van der Waals surface area contributed by atoms with E-state index in [2.05, 4.69) is 51.2 Å². The van der Waals surface area contributed by atoms with Crippen molar-refractivity contribution >= 4 is 21.6 Å². The standard InChI is InChI=1S/C14H19BrN4/c1-18-5-6-19(2)13(10-18)9-17-14-7-12(15)4-3-11(14)8-16/h3-4,7,13,17H,5-6,9-10H2,1-2H3. The number of piperazine rings is 1. The third-order valence-corrected chi connectivity index (χ3v) is 4.10. The lowest BCUT2D eigenvalue weighted by Gasteiger charge is -2.37. The van der Waals surface area contributed by atoms with Gasteiger partial charge in [0.05, 0.1) is 11.3 Å². The second-order valence-electron chi connectivity index (χ2n) is 5.08. The molecule has 0 aliphatic carbocycles. The van der Waals surface area contributed by atoms with Gasteiger partial charge in [0.1, 0.15) is 6.07 Å². The first-order valence-electron chi connectivity index (χ1n) is 6.42. The molecule has 1 aliphatic heterocycles. The van der Waals surface area contributed by atoms with Crippen molar-refractivity contribution in [3.8, 4) is 6.07 Å². The molecule has 1 aliphatic rings. The zero-order valence-corrected chi connectivity index (χ0v) is 12.9. The molecule has 0 aromatic heterocycles. The zero-order valence-electron chi connectivity index (χ0n) is 11.4. The van der Waals surface area contributed by atoms with Crippen molar-refractivity contribution in [1.82, 2.24) is 9.80 Å². The maximum absolute atomic E-state index is 9.12. The van der Waals surface area contributed by atoms with Crippen molar-refractivity contribution in [3.63, 3.8) is 0 Å². The fourth-order valence-corrected chi connectivity index (χ4v) is 2.67. The molecule has 1 atom stereocenters. The Hall–Kier alpha value is -1.09. The molecule has 102 valence electrons. The Bertz CT molecular complexity index is 483. The number of nitriles is 1. The lowest BCUT2D eigenvalue weighted by Crippen LogP contribution is -2.52. The van der Waals surface area contributed by atoms with Gasteiger partial charge in [-0.3, -0.25) is 4.90 Å². The SMILES string of the molecule is CN1CCN(C)C(CNc2cc(Br)ccc2C#N)C1. The first-order valence-corrected chi connectivity index (χ1v) is 7.21. The van der Waals surface area contributed by atoms with Crippen LogP contribution in [0.2, 0.25) is 0 Å². The summed E-state index contributed by atoms with van der Waals surface area (Å²) in [7, 11) is 4.31. The maximum atomic E-state index is 9.12. The number of rotatable bonds is 3. The Balaban J connectivity index is 2.02. The van der Waals surface area contributed by atoms with Crippen LogP contribution in [0, 0.1) is 11.3 Å². The monoisotopic (exact) mass is 322 g/mol. The summed E-state index contributed by atoms with van der Waals surface area (Å²) < 4.78 is 0.989. The van der Waals surface area contributed by atoms with Crippen LogP contribution in [-0.2, 0) is 0 Å². The zero-order chi connectivity index (χ0) is 13.8. The third-order valence-electron chi connectivity index (χ3n) is 3.61. The number of nitrogens with zero attached hydrogens (tertiary/aromatic N) is 3. The Morgan fingerprint density at radius 1 is 1.42 bits per heavy atom. The summed E-state index contributed by atoms with van der Waals surface area (Å²) in [6, 6.07) is 8.39. The second kappa shape index (κ2) is 6.38. The fraction of sp³-hybridized carbons (Fsp3) is 0.500. The van der Waals surface area contributed by atoms with Gasteiger partial charge in [-0.05, 0) is 32.3 Å². The van der Waals surface area contributed by atoms with Gasteiger partial charge in [-0.15, -0.1) is 0 Å². The molecule has 2 rings (SSSR count). The van der Waals surface area contributed by atoms with Gasteiger partial charge in [0.25, 0.3) is 0 Å². The topological polar surface area (TPSA) is 42.3 Å². The first kappa shape index (κ1) is 14.3. The molecule has 1 fully saturated rings. The highest BCUT2D eigenvalue weighted by atomic mass is 79.9. The normalized spacial score (nSPS) is 21.1. The molecule has 19 heavy (non-hydrogen) atoms. The van der Waals surface area contributed by atoms with Crippen molar-refractivity contribution in [2.75, 3.05) is 45.6 Å². The molecule has 0 radical (unpaired) electrons. The largest absolute Gasteiger partial charge is 0.382 e. The molecule has 4 nitrogen and oxygen atoms in total. The van der Waals surface area contributed by atoms with Crippen LogP contribution < -0.4 is 5.32 Å². The lowest BCUT2D eigenvalue weighted by molar-refractivity contribution is 0.122. The van der Waals surface area contributed by atoms with E-state index < -0.39 is 0 Å². The fourth-order valence-electron chi connectivity index (χ4n) is 2.31. The first-order chi connectivity index (χ1) is 9.10. The minimum atomic E-state index is 0.476. The lowest BCUT2D eigenvalue weighted by atomic mass is 10.1. The minimum Gasteiger partial charge on any atom is -0.382 e. The molecule has 0 bridgehead atoms. The summed E-state index contributed by atoms with van der Waals surface area (Å²) >= 11 is 3.44. The van der Waals surface area contributed by atoms with Crippen molar-refractivity contribution in [3.05, 3.63) is 28.2 Å². The summed E-state index contributed by atoms with van der Waals surface area (Å²) in [5.74, 6) is 0. The highest BCUT2D eigenvalue weighted by Crippen LogP contribution is 2.21. The molecule has 1 saturated heterocycles. The summed E-state index contributed by atoms with van der Waals surface area (Å²) in [6.07, 6.45) is 0. The number of halogens is 1. The molecule has 1 aromatic rings.